The van der Waals surface area contributed by atoms with Crippen molar-refractivity contribution in [1.82, 2.24) is 60.0 Å². The molecule has 3 aliphatic carbocycles. The Morgan fingerprint density at radius 2 is 1.18 bits per heavy atom. The lowest BCUT2D eigenvalue weighted by Gasteiger charge is -2.45. The van der Waals surface area contributed by atoms with E-state index in [1.807, 2.05) is 20.8 Å². The monoisotopic (exact) mass is 1500 g/mol. The van der Waals surface area contributed by atoms with Crippen LogP contribution in [0.2, 0.25) is 0 Å². The zero-order valence-corrected chi connectivity index (χ0v) is 63.9. The van der Waals surface area contributed by atoms with Crippen molar-refractivity contribution in [3.05, 3.63) is 0 Å². The number of alkyl halides is 7. The smallest absolute Gasteiger partial charge is 0.343 e. The van der Waals surface area contributed by atoms with Gasteiger partial charge in [0.05, 0.1) is 24.8 Å². The van der Waals surface area contributed by atoms with Gasteiger partial charge in [0.15, 0.2) is 0 Å². The largest absolute Gasteiger partial charge is 0.393 e. The highest BCUT2D eigenvalue weighted by Gasteiger charge is 2.53. The Morgan fingerprint density at radius 1 is 0.577 bits per heavy atom. The zero-order valence-electron chi connectivity index (χ0n) is 63.2. The molecule has 4 heterocycles. The van der Waals surface area contributed by atoms with Crippen molar-refractivity contribution in [2.75, 3.05) is 75.0 Å². The number of carbonyl (C=O) groups excluding carboxylic acids is 12. The van der Waals surface area contributed by atoms with E-state index in [4.69, 9.17) is 11.6 Å². The Kier molecular flexibility index (Phi) is 29.3. The lowest BCUT2D eigenvalue weighted by atomic mass is 9.78. The maximum Gasteiger partial charge on any atom is 0.393 e. The van der Waals surface area contributed by atoms with E-state index in [0.29, 0.717) is 58.0 Å². The molecule has 588 valence electrons. The first-order valence-electron chi connectivity index (χ1n) is 37.9. The lowest BCUT2D eigenvalue weighted by molar-refractivity contribution is -0.184. The molecule has 4 saturated heterocycles. The second-order valence-electron chi connectivity index (χ2n) is 31.6. The van der Waals surface area contributed by atoms with Crippen LogP contribution in [0.3, 0.4) is 0 Å². The number of likely N-dealkylation sites (tertiary alicyclic amines) is 1. The molecule has 3 unspecified atom stereocenters. The maximum atomic E-state index is 15.5. The molecule has 14 atom stereocenters. The van der Waals surface area contributed by atoms with Crippen molar-refractivity contribution in [2.45, 2.75) is 274 Å². The van der Waals surface area contributed by atoms with E-state index in [9.17, 15) is 55.1 Å². The van der Waals surface area contributed by atoms with E-state index in [2.05, 4.69) is 16.0 Å². The molecule has 0 bridgehead atoms. The van der Waals surface area contributed by atoms with Gasteiger partial charge in [-0.05, 0) is 152 Å². The molecule has 0 aromatic rings. The SMILES string of the molecule is CC[C@H](C)[C@@H]1NC(=O)[C@H](CC(C)C)N(C)C(=O)C[C@@H](C(=O)N2CCCC2)N(C)C(=O)[C@H]([C@@H](C)CC)N(C)C(=O)C2(CCCC2)NC(=O)[C@@H]2CCCN2C(=O)[C@H](CCC2CCC(C(F)(F)F)C(Cl)C2)NC(=O)CN(C)C(=O)[C@H](CC2CCC(C(F)(F)F)CC2)N(C)C(=O)[C@@H]2CCN2C(=O)[C@H](C)N(C)C1=O. The number of hydrogen-bond donors (Lipinski definition) is 3. The molecule has 0 aromatic heterocycles. The number of hydrogen-bond acceptors (Lipinski definition) is 12. The van der Waals surface area contributed by atoms with Crippen LogP contribution in [-0.2, 0) is 57.5 Å². The van der Waals surface area contributed by atoms with Crippen molar-refractivity contribution in [1.29, 1.82) is 0 Å². The summed E-state index contributed by atoms with van der Waals surface area (Å²) in [7, 11) is 8.23. The number of fused-ring (bicyclic) bond motifs is 2. The van der Waals surface area contributed by atoms with Crippen LogP contribution in [0.25, 0.3) is 0 Å². The minimum Gasteiger partial charge on any atom is -0.343 e. The van der Waals surface area contributed by atoms with Gasteiger partial charge >= 0.3 is 12.4 Å². The van der Waals surface area contributed by atoms with Gasteiger partial charge in [0.1, 0.15) is 59.9 Å². The molecular formula is C73H115ClF6N12O12. The first-order chi connectivity index (χ1) is 48.7. The number of likely N-dealkylation sites (N-methyl/N-ethyl adjacent to an activating group) is 6. The van der Waals surface area contributed by atoms with E-state index < -0.39 is 197 Å². The van der Waals surface area contributed by atoms with Gasteiger partial charge < -0.3 is 60.0 Å². The normalized spacial score (nSPS) is 31.8. The first-order valence-corrected chi connectivity index (χ1v) is 38.3. The van der Waals surface area contributed by atoms with E-state index >= 15 is 28.8 Å². The standard InChI is InChI=1S/C73H115ClF6N12O12/c1-14-43(5)59-68(102)85(9)45(7)63(97)92-36-30-53(92)66(100)87(11)55(39-47-22-26-48(27-23-47)72(75,76)77)65(99)84(8)41-57(93)81-51(29-25-46-24-28-49(50(74)38-46)73(78,79)80)64(98)91-35-20-21-52(91)62(96)83-71(31-16-17-32-71)70(104)89(13)60(44(6)15-2)69(103)88(12)56(67(101)90-33-18-19-34-90)40-58(94)86(10)54(37-42(3)4)61(95)82-59/h42-56,59-60H,14-41H2,1-13H3,(H,81,93)(H,82,95)(H,83,96)/t43-,44-,45-,46?,47?,48?,49?,50?,51-,52-,53-,54-,55-,56-,59-,60-/m0/s1. The summed E-state index contributed by atoms with van der Waals surface area (Å²) in [6.45, 7) is 12.3. The topological polar surface area (TPSA) is 270 Å². The fourth-order valence-electron chi connectivity index (χ4n) is 16.7. The number of nitrogens with zero attached hydrogens (tertiary/aromatic N) is 9. The molecule has 3 N–H and O–H groups in total. The van der Waals surface area contributed by atoms with Crippen LogP contribution in [-0.4, -0.2) is 268 Å². The Hall–Kier alpha value is -6.49. The van der Waals surface area contributed by atoms with Gasteiger partial charge in [0.2, 0.25) is 70.9 Å². The number of rotatable bonds is 12. The lowest BCUT2D eigenvalue weighted by Crippen LogP contribution is -2.65. The average molecular weight is 1500 g/mol. The van der Waals surface area contributed by atoms with Crippen molar-refractivity contribution in [3.8, 4) is 0 Å². The third-order valence-electron chi connectivity index (χ3n) is 24.2. The molecule has 7 rings (SSSR count). The summed E-state index contributed by atoms with van der Waals surface area (Å²) in [5.74, 6) is -14.0. The second-order valence-corrected chi connectivity index (χ2v) is 32.2. The second kappa shape index (κ2) is 35.9. The molecule has 7 aliphatic rings. The molecule has 4 aliphatic heterocycles. The molecule has 31 heteroatoms. The highest BCUT2D eigenvalue weighted by molar-refractivity contribution is 6.21. The number of halogens is 7. The van der Waals surface area contributed by atoms with Crippen molar-refractivity contribution >= 4 is 82.5 Å². The Bertz CT molecular complexity index is 3090. The van der Waals surface area contributed by atoms with Crippen molar-refractivity contribution in [3.63, 3.8) is 0 Å². The highest BCUT2D eigenvalue weighted by Crippen LogP contribution is 2.45. The van der Waals surface area contributed by atoms with Gasteiger partial charge in [-0.2, -0.15) is 26.3 Å². The summed E-state index contributed by atoms with van der Waals surface area (Å²) in [6.07, 6.45) is -6.53. The molecule has 0 aromatic carbocycles. The summed E-state index contributed by atoms with van der Waals surface area (Å²) < 4.78 is 84.1. The van der Waals surface area contributed by atoms with Crippen LogP contribution in [0.5, 0.6) is 0 Å². The predicted octanol–water partition coefficient (Wildman–Crippen LogP) is 6.88. The molecule has 0 radical (unpaired) electrons. The van der Waals surface area contributed by atoms with Crippen molar-refractivity contribution < 1.29 is 83.9 Å². The Morgan fingerprint density at radius 3 is 1.74 bits per heavy atom. The van der Waals surface area contributed by atoms with E-state index in [1.165, 1.54) is 73.7 Å². The number of carbonyl (C=O) groups is 12. The quantitative estimate of drug-likeness (QED) is 0.133. The van der Waals surface area contributed by atoms with Crippen LogP contribution < -0.4 is 16.0 Å². The molecular weight excluding hydrogens is 1390 g/mol. The van der Waals surface area contributed by atoms with E-state index in [1.54, 1.807) is 25.7 Å². The first kappa shape index (κ1) is 84.8. The third-order valence-corrected chi connectivity index (χ3v) is 24.6. The van der Waals surface area contributed by atoms with Gasteiger partial charge in [-0.25, -0.2) is 0 Å². The molecule has 1 spiro atoms. The fourth-order valence-corrected chi connectivity index (χ4v) is 17.2. The maximum absolute atomic E-state index is 15.5. The summed E-state index contributed by atoms with van der Waals surface area (Å²) >= 11 is 6.39. The van der Waals surface area contributed by atoms with Gasteiger partial charge in [-0.1, -0.05) is 67.2 Å². The minimum atomic E-state index is -4.55. The molecule has 104 heavy (non-hydrogen) atoms. The van der Waals surface area contributed by atoms with Crippen LogP contribution in [0.4, 0.5) is 26.3 Å². The molecule has 24 nitrogen and oxygen atoms in total. The zero-order chi connectivity index (χ0) is 77.4. The van der Waals surface area contributed by atoms with Gasteiger partial charge in [0, 0.05) is 73.8 Å². The number of amides is 12. The third kappa shape index (κ3) is 19.8. The van der Waals surface area contributed by atoms with Crippen LogP contribution >= 0.6 is 11.6 Å². The van der Waals surface area contributed by atoms with Gasteiger partial charge in [0.25, 0.3) is 0 Å². The van der Waals surface area contributed by atoms with Gasteiger partial charge in [-0.3, -0.25) is 57.5 Å². The average Bonchev–Trinajstić information content (AvgIpc) is 1.71. The highest BCUT2D eigenvalue weighted by atomic mass is 35.5. The Balaban J connectivity index is 1.29. The minimum absolute atomic E-state index is 0.00444. The van der Waals surface area contributed by atoms with Crippen LogP contribution in [0.1, 0.15) is 196 Å². The summed E-state index contributed by atoms with van der Waals surface area (Å²) in [4.78, 5) is 191. The molecule has 12 amide bonds. The fraction of sp³-hybridized carbons (Fsp3) is 0.836. The summed E-state index contributed by atoms with van der Waals surface area (Å²) in [5.41, 5.74) is -1.61. The van der Waals surface area contributed by atoms with E-state index in [-0.39, 0.29) is 115 Å². The van der Waals surface area contributed by atoms with Gasteiger partial charge in [-0.15, -0.1) is 11.6 Å². The predicted molar refractivity (Wildman–Crippen MR) is 375 cm³/mol. The summed E-state index contributed by atoms with van der Waals surface area (Å²) in [6, 6.07) is -11.7. The van der Waals surface area contributed by atoms with E-state index in [0.717, 1.165) is 14.7 Å². The molecule has 3 saturated carbocycles. The van der Waals surface area contributed by atoms with Crippen molar-refractivity contribution in [2.24, 2.45) is 41.4 Å². The Labute approximate surface area is 614 Å². The number of nitrogens with one attached hydrogen (secondary N) is 3. The van der Waals surface area contributed by atoms with Crippen LogP contribution in [0.15, 0.2) is 0 Å². The van der Waals surface area contributed by atoms with Crippen LogP contribution in [0, 0.1) is 41.4 Å². The summed E-state index contributed by atoms with van der Waals surface area (Å²) in [5, 5.41) is 7.40. The molecule has 7 fully saturated rings.